The first-order chi connectivity index (χ1) is 6.35. The van der Waals surface area contributed by atoms with Gasteiger partial charge in [-0.3, -0.25) is 0 Å². The van der Waals surface area contributed by atoms with Gasteiger partial charge in [-0.1, -0.05) is 39.0 Å². The highest BCUT2D eigenvalue weighted by Crippen LogP contribution is 2.19. The Morgan fingerprint density at radius 1 is 1.15 bits per heavy atom. The lowest BCUT2D eigenvalue weighted by atomic mass is 9.94. The summed E-state index contributed by atoms with van der Waals surface area (Å²) in [7, 11) is 0. The quantitative estimate of drug-likeness (QED) is 0.545. The first-order valence-electron chi connectivity index (χ1n) is 5.41. The molecular formula is C11H23O2. The molecule has 0 aliphatic rings. The molecule has 0 amide bonds. The largest absolute Gasteiger partial charge is 0.396 e. The zero-order valence-corrected chi connectivity index (χ0v) is 8.71. The molecule has 0 bridgehead atoms. The Kier molecular flexibility index (Phi) is 9.94. The maximum atomic E-state index is 8.70. The van der Waals surface area contributed by atoms with E-state index in [0.29, 0.717) is 12.5 Å². The lowest BCUT2D eigenvalue weighted by Gasteiger charge is -2.13. The highest BCUT2D eigenvalue weighted by Gasteiger charge is 2.06. The van der Waals surface area contributed by atoms with Crippen LogP contribution in [0.2, 0.25) is 0 Å². The summed E-state index contributed by atoms with van der Waals surface area (Å²) in [5.74, 6) is 0.647. The van der Waals surface area contributed by atoms with E-state index < -0.39 is 0 Å². The van der Waals surface area contributed by atoms with E-state index in [9.17, 15) is 0 Å². The van der Waals surface area contributed by atoms with Crippen molar-refractivity contribution in [2.45, 2.75) is 51.9 Å². The number of hydrogen-bond donors (Lipinski definition) is 2. The highest BCUT2D eigenvalue weighted by molar-refractivity contribution is 4.63. The minimum atomic E-state index is 0.310. The van der Waals surface area contributed by atoms with Crippen molar-refractivity contribution in [2.75, 3.05) is 6.61 Å². The molecule has 13 heavy (non-hydrogen) atoms. The third-order valence-electron chi connectivity index (χ3n) is 2.41. The molecule has 0 aromatic rings. The molecule has 0 rings (SSSR count). The Labute approximate surface area is 82.0 Å². The van der Waals surface area contributed by atoms with E-state index in [-0.39, 0.29) is 0 Å². The summed E-state index contributed by atoms with van der Waals surface area (Å²) < 4.78 is 0. The third kappa shape index (κ3) is 8.26. The van der Waals surface area contributed by atoms with E-state index in [4.69, 9.17) is 10.2 Å². The van der Waals surface area contributed by atoms with Crippen LogP contribution in [0.4, 0.5) is 0 Å². The predicted molar refractivity (Wildman–Crippen MR) is 54.8 cm³/mol. The van der Waals surface area contributed by atoms with Gasteiger partial charge in [-0.2, -0.15) is 0 Å². The van der Waals surface area contributed by atoms with Gasteiger partial charge in [-0.15, -0.1) is 0 Å². The fourth-order valence-electron chi connectivity index (χ4n) is 1.66. The Morgan fingerprint density at radius 3 is 2.46 bits per heavy atom. The van der Waals surface area contributed by atoms with Gasteiger partial charge in [0.1, 0.15) is 0 Å². The molecule has 2 heteroatoms. The van der Waals surface area contributed by atoms with Crippen LogP contribution in [-0.2, 0) is 0 Å². The van der Waals surface area contributed by atoms with Gasteiger partial charge in [-0.05, 0) is 18.8 Å². The zero-order valence-electron chi connectivity index (χ0n) is 8.71. The second-order valence-corrected chi connectivity index (χ2v) is 3.65. The van der Waals surface area contributed by atoms with Crippen LogP contribution in [0.5, 0.6) is 0 Å². The molecule has 0 fully saturated rings. The third-order valence-corrected chi connectivity index (χ3v) is 2.41. The fourth-order valence-corrected chi connectivity index (χ4v) is 1.66. The van der Waals surface area contributed by atoms with E-state index in [1.807, 2.05) is 0 Å². The Hall–Kier alpha value is -0.0800. The second kappa shape index (κ2) is 10.0. The molecule has 0 saturated carbocycles. The monoisotopic (exact) mass is 187 g/mol. The van der Waals surface area contributed by atoms with Crippen molar-refractivity contribution < 1.29 is 10.2 Å². The average Bonchev–Trinajstić information content (AvgIpc) is 2.13. The molecule has 0 aromatic carbocycles. The first kappa shape index (κ1) is 12.9. The Bertz CT molecular complexity index is 88.1. The van der Waals surface area contributed by atoms with Gasteiger partial charge in [0.25, 0.3) is 0 Å². The van der Waals surface area contributed by atoms with E-state index in [1.165, 1.54) is 32.3 Å². The van der Waals surface area contributed by atoms with Crippen LogP contribution in [0.15, 0.2) is 0 Å². The zero-order chi connectivity index (χ0) is 9.94. The molecule has 2 nitrogen and oxygen atoms in total. The molecule has 0 aliphatic carbocycles. The molecule has 0 spiro atoms. The maximum absolute atomic E-state index is 8.70. The van der Waals surface area contributed by atoms with Gasteiger partial charge in [0.2, 0.25) is 0 Å². The van der Waals surface area contributed by atoms with Crippen LogP contribution in [0, 0.1) is 12.5 Å². The molecule has 0 heterocycles. The van der Waals surface area contributed by atoms with Crippen molar-refractivity contribution in [1.29, 1.82) is 0 Å². The summed E-state index contributed by atoms with van der Waals surface area (Å²) in [4.78, 5) is 0. The lowest BCUT2D eigenvalue weighted by Crippen LogP contribution is -2.00. The summed E-state index contributed by atoms with van der Waals surface area (Å²) >= 11 is 0. The SMILES string of the molecule is CCCC(C[CH]O)CCCCCO. The van der Waals surface area contributed by atoms with Crippen LogP contribution < -0.4 is 0 Å². The minimum Gasteiger partial charge on any atom is -0.396 e. The summed E-state index contributed by atoms with van der Waals surface area (Å²) in [6, 6.07) is 0. The van der Waals surface area contributed by atoms with Gasteiger partial charge in [0.15, 0.2) is 0 Å². The van der Waals surface area contributed by atoms with Crippen molar-refractivity contribution in [2.24, 2.45) is 5.92 Å². The number of rotatable bonds is 9. The van der Waals surface area contributed by atoms with Crippen molar-refractivity contribution in [3.05, 3.63) is 6.61 Å². The van der Waals surface area contributed by atoms with E-state index in [0.717, 1.165) is 19.3 Å². The number of aliphatic hydroxyl groups is 2. The highest BCUT2D eigenvalue weighted by atomic mass is 16.3. The van der Waals surface area contributed by atoms with Crippen molar-refractivity contribution in [3.63, 3.8) is 0 Å². The molecule has 79 valence electrons. The molecule has 0 aliphatic heterocycles. The molecular weight excluding hydrogens is 164 g/mol. The molecule has 1 atom stereocenters. The first-order valence-corrected chi connectivity index (χ1v) is 5.41. The summed E-state index contributed by atoms with van der Waals surface area (Å²) in [5, 5.41) is 17.3. The average molecular weight is 187 g/mol. The lowest BCUT2D eigenvalue weighted by molar-refractivity contribution is 0.275. The van der Waals surface area contributed by atoms with Gasteiger partial charge >= 0.3 is 0 Å². The number of unbranched alkanes of at least 4 members (excludes halogenated alkanes) is 2. The Morgan fingerprint density at radius 2 is 1.92 bits per heavy atom. The van der Waals surface area contributed by atoms with Crippen LogP contribution in [-0.4, -0.2) is 16.8 Å². The fraction of sp³-hybridized carbons (Fsp3) is 0.909. The molecule has 0 aromatic heterocycles. The van der Waals surface area contributed by atoms with Crippen LogP contribution in [0.3, 0.4) is 0 Å². The smallest absolute Gasteiger partial charge is 0.0801 e. The van der Waals surface area contributed by atoms with Gasteiger partial charge in [-0.25, -0.2) is 0 Å². The second-order valence-electron chi connectivity index (χ2n) is 3.65. The van der Waals surface area contributed by atoms with Crippen molar-refractivity contribution >= 4 is 0 Å². The summed E-state index contributed by atoms with van der Waals surface area (Å²) in [6.07, 6.45) is 7.62. The number of aliphatic hydroxyl groups excluding tert-OH is 2. The minimum absolute atomic E-state index is 0.310. The molecule has 0 saturated heterocycles. The van der Waals surface area contributed by atoms with Crippen molar-refractivity contribution in [1.82, 2.24) is 0 Å². The van der Waals surface area contributed by atoms with E-state index >= 15 is 0 Å². The summed E-state index contributed by atoms with van der Waals surface area (Å²) in [6.45, 7) is 3.77. The van der Waals surface area contributed by atoms with Crippen LogP contribution in [0.1, 0.15) is 51.9 Å². The normalized spacial score (nSPS) is 13.2. The van der Waals surface area contributed by atoms with Gasteiger partial charge in [0.05, 0.1) is 6.61 Å². The summed E-state index contributed by atoms with van der Waals surface area (Å²) in [5.41, 5.74) is 0. The molecule has 1 radical (unpaired) electrons. The maximum Gasteiger partial charge on any atom is 0.0801 e. The van der Waals surface area contributed by atoms with E-state index in [1.54, 1.807) is 0 Å². The van der Waals surface area contributed by atoms with Crippen molar-refractivity contribution in [3.8, 4) is 0 Å². The van der Waals surface area contributed by atoms with E-state index in [2.05, 4.69) is 6.92 Å². The predicted octanol–water partition coefficient (Wildman–Crippen LogP) is 2.88. The Balaban J connectivity index is 3.33. The van der Waals surface area contributed by atoms with Crippen LogP contribution >= 0.6 is 0 Å². The van der Waals surface area contributed by atoms with Crippen LogP contribution in [0.25, 0.3) is 0 Å². The van der Waals surface area contributed by atoms with Gasteiger partial charge < -0.3 is 10.2 Å². The number of hydrogen-bond acceptors (Lipinski definition) is 2. The molecule has 1 unspecified atom stereocenters. The topological polar surface area (TPSA) is 40.5 Å². The van der Waals surface area contributed by atoms with Gasteiger partial charge in [0, 0.05) is 6.61 Å². The molecule has 2 N–H and O–H groups in total. The standard InChI is InChI=1S/C11H23O2/c1-2-6-11(8-10-13)7-4-3-5-9-12/h10-13H,2-9H2,1H3.